The van der Waals surface area contributed by atoms with Crippen molar-refractivity contribution in [3.8, 4) is 5.75 Å². The molecule has 158 valence electrons. The quantitative estimate of drug-likeness (QED) is 0.152. The van der Waals surface area contributed by atoms with Crippen molar-refractivity contribution in [2.45, 2.75) is 25.3 Å². The molecule has 2 aromatic heterocycles. The van der Waals surface area contributed by atoms with E-state index in [2.05, 4.69) is 50.8 Å². The molecule has 3 rings (SSSR count). The fraction of sp³-hybridized carbons (Fsp3) is 0.273. The highest BCUT2D eigenvalue weighted by molar-refractivity contribution is 14.1. The van der Waals surface area contributed by atoms with E-state index in [1.807, 2.05) is 32.1 Å². The van der Waals surface area contributed by atoms with Crippen LogP contribution < -0.4 is 9.64 Å². The first-order valence-corrected chi connectivity index (χ1v) is 12.3. The Morgan fingerprint density at radius 1 is 1.33 bits per heavy atom. The van der Waals surface area contributed by atoms with E-state index < -0.39 is 0 Å². The number of pyridine rings is 2. The minimum Gasteiger partial charge on any atom is -0.487 e. The van der Waals surface area contributed by atoms with E-state index >= 15 is 0 Å². The lowest BCUT2D eigenvalue weighted by atomic mass is 10.1. The van der Waals surface area contributed by atoms with Gasteiger partial charge in [-0.1, -0.05) is 52.4 Å². The van der Waals surface area contributed by atoms with Crippen molar-refractivity contribution in [2.75, 3.05) is 21.8 Å². The maximum absolute atomic E-state index is 9.15. The summed E-state index contributed by atoms with van der Waals surface area (Å²) in [6.07, 6.45) is 7.46. The number of rotatable bonds is 9. The number of ether oxygens (including phenoxy) is 1. The number of nitrogens with zero attached hydrogens (tertiary/aromatic N) is 3. The number of anilines is 1. The standard InChI is InChI=1S/C22H23ClIN3O2S/c1-3-7-27(14-24)19-10-15(2)26-22-16(19)5-4-6-20(22)29-13-17-18(23)11-25-12-21(17)30-9-8-28/h3-7,10-12,28H,8-9,13-14H2,1-2H3/b7-3-. The monoisotopic (exact) mass is 555 g/mol. The number of thioether (sulfide) groups is 1. The van der Waals surface area contributed by atoms with Gasteiger partial charge >= 0.3 is 0 Å². The van der Waals surface area contributed by atoms with Gasteiger partial charge in [-0.3, -0.25) is 4.98 Å². The Labute approximate surface area is 199 Å². The van der Waals surface area contributed by atoms with Gasteiger partial charge < -0.3 is 14.7 Å². The number of alkyl halides is 1. The first-order valence-electron chi connectivity index (χ1n) is 9.43. The van der Waals surface area contributed by atoms with Gasteiger partial charge in [-0.05, 0) is 26.0 Å². The third kappa shape index (κ3) is 5.38. The SMILES string of the molecule is C/C=C\N(CI)c1cc(C)nc2c(OCc3c(Cl)cncc3SCCO)cccc12. The van der Waals surface area contributed by atoms with Crippen LogP contribution in [0.25, 0.3) is 10.9 Å². The summed E-state index contributed by atoms with van der Waals surface area (Å²) in [6, 6.07) is 8.07. The van der Waals surface area contributed by atoms with Crippen LogP contribution in [-0.4, -0.2) is 32.0 Å². The van der Waals surface area contributed by atoms with Crippen LogP contribution in [-0.2, 0) is 6.61 Å². The molecule has 1 N–H and O–H groups in total. The van der Waals surface area contributed by atoms with Gasteiger partial charge in [-0.25, -0.2) is 4.98 Å². The molecule has 0 amide bonds. The van der Waals surface area contributed by atoms with Crippen LogP contribution in [0.15, 0.2) is 53.8 Å². The van der Waals surface area contributed by atoms with Crippen molar-refractivity contribution in [1.82, 2.24) is 9.97 Å². The van der Waals surface area contributed by atoms with E-state index in [4.69, 9.17) is 26.4 Å². The lowest BCUT2D eigenvalue weighted by Gasteiger charge is -2.21. The van der Waals surface area contributed by atoms with Crippen molar-refractivity contribution < 1.29 is 9.84 Å². The molecule has 2 heterocycles. The van der Waals surface area contributed by atoms with E-state index in [1.54, 1.807) is 12.4 Å². The zero-order valence-corrected chi connectivity index (χ0v) is 20.5. The first kappa shape index (κ1) is 23.1. The third-order valence-corrected chi connectivity index (χ3v) is 6.47. The van der Waals surface area contributed by atoms with Gasteiger partial charge in [0.1, 0.15) is 17.9 Å². The fourth-order valence-corrected chi connectivity index (χ4v) is 4.71. The van der Waals surface area contributed by atoms with Gasteiger partial charge in [-0.2, -0.15) is 0 Å². The highest BCUT2D eigenvalue weighted by atomic mass is 127. The number of benzene rings is 1. The molecule has 0 bridgehead atoms. The van der Waals surface area contributed by atoms with Crippen LogP contribution in [0.4, 0.5) is 5.69 Å². The summed E-state index contributed by atoms with van der Waals surface area (Å²) < 4.78 is 7.02. The highest BCUT2D eigenvalue weighted by Crippen LogP contribution is 2.34. The summed E-state index contributed by atoms with van der Waals surface area (Å²) in [7, 11) is 0. The molecule has 0 aliphatic rings. The van der Waals surface area contributed by atoms with Crippen LogP contribution in [0.2, 0.25) is 5.02 Å². The Bertz CT molecular complexity index is 1050. The molecule has 30 heavy (non-hydrogen) atoms. The van der Waals surface area contributed by atoms with Crippen LogP contribution in [0.3, 0.4) is 0 Å². The summed E-state index contributed by atoms with van der Waals surface area (Å²) >= 11 is 10.3. The Morgan fingerprint density at radius 3 is 2.90 bits per heavy atom. The van der Waals surface area contributed by atoms with Crippen LogP contribution in [0, 0.1) is 6.92 Å². The van der Waals surface area contributed by atoms with Gasteiger partial charge in [0.15, 0.2) is 0 Å². The van der Waals surface area contributed by atoms with Crippen LogP contribution >= 0.6 is 46.0 Å². The summed E-state index contributed by atoms with van der Waals surface area (Å²) in [5.74, 6) is 1.28. The minimum atomic E-state index is 0.0896. The zero-order valence-electron chi connectivity index (χ0n) is 16.8. The number of halogens is 2. The molecule has 0 radical (unpaired) electrons. The Balaban J connectivity index is 1.98. The molecule has 0 aliphatic heterocycles. The second-order valence-electron chi connectivity index (χ2n) is 6.47. The molecule has 5 nitrogen and oxygen atoms in total. The predicted molar refractivity (Wildman–Crippen MR) is 134 cm³/mol. The number of fused-ring (bicyclic) bond motifs is 1. The number of aromatic nitrogens is 2. The molecular weight excluding hydrogens is 533 g/mol. The van der Waals surface area contributed by atoms with E-state index in [0.29, 0.717) is 23.1 Å². The molecule has 3 aromatic rings. The topological polar surface area (TPSA) is 58.5 Å². The Kier molecular flexibility index (Phi) is 8.61. The summed E-state index contributed by atoms with van der Waals surface area (Å²) in [6.45, 7) is 4.38. The van der Waals surface area contributed by atoms with Gasteiger partial charge in [0.2, 0.25) is 0 Å². The van der Waals surface area contributed by atoms with Gasteiger partial charge in [0, 0.05) is 45.9 Å². The molecule has 0 saturated carbocycles. The maximum atomic E-state index is 9.15. The van der Waals surface area contributed by atoms with Crippen molar-refractivity contribution in [3.63, 3.8) is 0 Å². The molecule has 0 unspecified atom stereocenters. The molecule has 0 fully saturated rings. The summed E-state index contributed by atoms with van der Waals surface area (Å²) in [5.41, 5.74) is 3.70. The first-order chi connectivity index (χ1) is 14.6. The van der Waals surface area contributed by atoms with E-state index in [-0.39, 0.29) is 6.61 Å². The third-order valence-electron chi connectivity index (χ3n) is 4.36. The number of para-hydroxylation sites is 1. The van der Waals surface area contributed by atoms with Gasteiger partial charge in [-0.15, -0.1) is 11.8 Å². The average Bonchev–Trinajstić information content (AvgIpc) is 2.75. The molecule has 0 saturated heterocycles. The fourth-order valence-electron chi connectivity index (χ4n) is 3.06. The Hall–Kier alpha value is -1.55. The van der Waals surface area contributed by atoms with Crippen molar-refractivity contribution in [3.05, 3.63) is 65.2 Å². The minimum absolute atomic E-state index is 0.0896. The largest absolute Gasteiger partial charge is 0.487 e. The molecule has 0 aliphatic carbocycles. The number of hydrogen-bond donors (Lipinski definition) is 1. The Morgan fingerprint density at radius 2 is 2.17 bits per heavy atom. The second kappa shape index (κ2) is 11.2. The van der Waals surface area contributed by atoms with Gasteiger partial charge in [0.05, 0.1) is 21.9 Å². The summed E-state index contributed by atoms with van der Waals surface area (Å²) in [4.78, 5) is 12.0. The molecule has 1 aromatic carbocycles. The van der Waals surface area contributed by atoms with E-state index in [0.717, 1.165) is 37.3 Å². The van der Waals surface area contributed by atoms with Crippen molar-refractivity contribution in [2.24, 2.45) is 0 Å². The predicted octanol–water partition coefficient (Wildman–Crippen LogP) is 5.99. The number of aliphatic hydroxyl groups excluding tert-OH is 1. The summed E-state index contributed by atoms with van der Waals surface area (Å²) in [5, 5.41) is 10.7. The highest BCUT2D eigenvalue weighted by Gasteiger charge is 2.14. The van der Waals surface area contributed by atoms with Crippen LogP contribution in [0.5, 0.6) is 5.75 Å². The van der Waals surface area contributed by atoms with Crippen molar-refractivity contribution >= 4 is 62.5 Å². The number of aliphatic hydroxyl groups is 1. The molecule has 0 atom stereocenters. The zero-order chi connectivity index (χ0) is 21.5. The van der Waals surface area contributed by atoms with Crippen molar-refractivity contribution in [1.29, 1.82) is 0 Å². The lowest BCUT2D eigenvalue weighted by Crippen LogP contribution is -2.13. The van der Waals surface area contributed by atoms with Crippen LogP contribution in [0.1, 0.15) is 18.2 Å². The number of allylic oxidation sites excluding steroid dienone is 1. The normalized spacial score (nSPS) is 11.4. The van der Waals surface area contributed by atoms with Gasteiger partial charge in [0.25, 0.3) is 0 Å². The number of aryl methyl sites for hydroxylation is 1. The number of hydrogen-bond acceptors (Lipinski definition) is 6. The smallest absolute Gasteiger partial charge is 0.146 e. The maximum Gasteiger partial charge on any atom is 0.146 e. The average molecular weight is 556 g/mol. The lowest BCUT2D eigenvalue weighted by molar-refractivity contribution is 0.306. The molecular formula is C22H23ClIN3O2S. The van der Waals surface area contributed by atoms with E-state index in [1.165, 1.54) is 11.8 Å². The van der Waals surface area contributed by atoms with E-state index in [9.17, 15) is 0 Å². The second-order valence-corrected chi connectivity index (χ2v) is 8.69. The molecule has 8 heteroatoms. The molecule has 0 spiro atoms.